The van der Waals surface area contributed by atoms with E-state index >= 15 is 0 Å². The normalized spacial score (nSPS) is 12.7. The summed E-state index contributed by atoms with van der Waals surface area (Å²) in [7, 11) is -3.01. The van der Waals surface area contributed by atoms with Gasteiger partial charge in [-0.3, -0.25) is 0 Å². The lowest BCUT2D eigenvalue weighted by Crippen LogP contribution is -2.32. The Morgan fingerprint density at radius 2 is 1.67 bits per heavy atom. The zero-order valence-corrected chi connectivity index (χ0v) is 14.0. The maximum atomic E-state index is 12.9. The van der Waals surface area contributed by atoms with Crippen molar-refractivity contribution >= 4 is 41.7 Å². The third-order valence-electron chi connectivity index (χ3n) is 2.92. The van der Waals surface area contributed by atoms with Crippen molar-refractivity contribution in [3.63, 3.8) is 0 Å². The molecule has 18 heavy (non-hydrogen) atoms. The number of hydrogen-bond acceptors (Lipinski definition) is 2. The first-order valence-electron chi connectivity index (χ1n) is 5.39. The third kappa shape index (κ3) is 4.31. The highest BCUT2D eigenvalue weighted by Gasteiger charge is 2.31. The summed E-state index contributed by atoms with van der Waals surface area (Å²) >= 11 is 6.88. The predicted molar refractivity (Wildman–Crippen MR) is 80.0 cm³/mol. The Labute approximate surface area is 124 Å². The summed E-state index contributed by atoms with van der Waals surface area (Å²) in [6, 6.07) is 6.21. The van der Waals surface area contributed by atoms with Gasteiger partial charge in [-0.05, 0) is 24.1 Å². The van der Waals surface area contributed by atoms with Crippen LogP contribution in [0.15, 0.2) is 24.3 Å². The number of halogens is 3. The number of sulfone groups is 1. The van der Waals surface area contributed by atoms with Crippen molar-refractivity contribution < 1.29 is 12.8 Å². The second-order valence-electron chi connectivity index (χ2n) is 4.43. The lowest BCUT2D eigenvalue weighted by atomic mass is 9.82. The van der Waals surface area contributed by atoms with E-state index in [1.54, 1.807) is 12.1 Å². The van der Waals surface area contributed by atoms with E-state index in [-0.39, 0.29) is 17.0 Å². The highest BCUT2D eigenvalue weighted by Crippen LogP contribution is 2.33. The van der Waals surface area contributed by atoms with Crippen LogP contribution in [0.4, 0.5) is 4.39 Å². The Morgan fingerprint density at radius 1 is 1.17 bits per heavy atom. The topological polar surface area (TPSA) is 34.1 Å². The molecule has 0 atom stereocenters. The molecule has 0 aliphatic rings. The minimum atomic E-state index is -3.01. The van der Waals surface area contributed by atoms with Gasteiger partial charge in [-0.15, -0.1) is 0 Å². The fourth-order valence-corrected chi connectivity index (χ4v) is 4.55. The zero-order valence-electron chi connectivity index (χ0n) is 10.00. The largest absolute Gasteiger partial charge is 0.229 e. The van der Waals surface area contributed by atoms with Crippen LogP contribution in [0, 0.1) is 5.82 Å². The second-order valence-corrected chi connectivity index (χ2v) is 7.82. The number of alkyl halides is 2. The first kappa shape index (κ1) is 16.1. The van der Waals surface area contributed by atoms with Crippen molar-refractivity contribution in [2.45, 2.75) is 11.8 Å². The Bertz CT molecular complexity index is 481. The lowest BCUT2D eigenvalue weighted by Gasteiger charge is -2.30. The molecule has 0 bridgehead atoms. The van der Waals surface area contributed by atoms with Crippen LogP contribution >= 0.6 is 31.9 Å². The molecule has 102 valence electrons. The van der Waals surface area contributed by atoms with Gasteiger partial charge in [-0.1, -0.05) is 44.0 Å². The molecule has 0 aromatic heterocycles. The number of benzene rings is 1. The summed E-state index contributed by atoms with van der Waals surface area (Å²) in [6.45, 7) is 0. The summed E-state index contributed by atoms with van der Waals surface area (Å²) in [5.41, 5.74) is 0.595. The van der Waals surface area contributed by atoms with Gasteiger partial charge in [0.1, 0.15) is 15.7 Å². The summed E-state index contributed by atoms with van der Waals surface area (Å²) in [5.74, 6) is -0.179. The summed E-state index contributed by atoms with van der Waals surface area (Å²) in [5, 5.41) is 1.23. The van der Waals surface area contributed by atoms with E-state index in [2.05, 4.69) is 31.9 Å². The standard InChI is InChI=1S/C12H15Br2FO2S/c1-18(16,17)7-6-12(8-13,9-14)10-2-4-11(15)5-3-10/h2-5H,6-9H2,1H3. The van der Waals surface area contributed by atoms with Crippen LogP contribution in [-0.4, -0.2) is 31.1 Å². The van der Waals surface area contributed by atoms with Crippen LogP contribution in [0.5, 0.6) is 0 Å². The molecule has 0 aliphatic carbocycles. The number of hydrogen-bond donors (Lipinski definition) is 0. The van der Waals surface area contributed by atoms with Crippen LogP contribution in [0.3, 0.4) is 0 Å². The molecule has 0 fully saturated rings. The Kier molecular flexibility index (Phi) is 5.80. The predicted octanol–water partition coefficient (Wildman–Crippen LogP) is 3.29. The van der Waals surface area contributed by atoms with Crippen LogP contribution in [0.25, 0.3) is 0 Å². The first-order chi connectivity index (χ1) is 8.33. The van der Waals surface area contributed by atoms with E-state index in [1.807, 2.05) is 0 Å². The molecule has 1 rings (SSSR count). The van der Waals surface area contributed by atoms with E-state index in [0.29, 0.717) is 17.1 Å². The molecule has 0 N–H and O–H groups in total. The highest BCUT2D eigenvalue weighted by atomic mass is 79.9. The van der Waals surface area contributed by atoms with Gasteiger partial charge in [0.25, 0.3) is 0 Å². The maximum absolute atomic E-state index is 12.9. The molecule has 0 saturated heterocycles. The van der Waals surface area contributed by atoms with Gasteiger partial charge in [-0.25, -0.2) is 12.8 Å². The van der Waals surface area contributed by atoms with Crippen LogP contribution in [0.2, 0.25) is 0 Å². The van der Waals surface area contributed by atoms with E-state index in [4.69, 9.17) is 0 Å². The molecule has 0 heterocycles. The van der Waals surface area contributed by atoms with E-state index < -0.39 is 9.84 Å². The van der Waals surface area contributed by atoms with Crippen LogP contribution in [0.1, 0.15) is 12.0 Å². The smallest absolute Gasteiger partial charge is 0.147 e. The minimum Gasteiger partial charge on any atom is -0.229 e. The van der Waals surface area contributed by atoms with E-state index in [1.165, 1.54) is 18.4 Å². The Hall–Kier alpha value is 0.0600. The van der Waals surface area contributed by atoms with Crippen molar-refractivity contribution in [2.24, 2.45) is 0 Å². The molecular formula is C12H15Br2FO2S. The maximum Gasteiger partial charge on any atom is 0.147 e. The SMILES string of the molecule is CS(=O)(=O)CCC(CBr)(CBr)c1ccc(F)cc1. The van der Waals surface area contributed by atoms with Gasteiger partial charge < -0.3 is 0 Å². The molecule has 0 amide bonds. The zero-order chi connectivity index (χ0) is 13.8. The molecule has 0 aliphatic heterocycles. The average Bonchev–Trinajstić information content (AvgIpc) is 2.32. The Morgan fingerprint density at radius 3 is 2.06 bits per heavy atom. The van der Waals surface area contributed by atoms with E-state index in [9.17, 15) is 12.8 Å². The molecule has 1 aromatic carbocycles. The summed E-state index contributed by atoms with van der Waals surface area (Å²) < 4.78 is 35.5. The van der Waals surface area contributed by atoms with Gasteiger partial charge in [0.2, 0.25) is 0 Å². The van der Waals surface area contributed by atoms with Gasteiger partial charge in [0.05, 0.1) is 5.75 Å². The average molecular weight is 402 g/mol. The van der Waals surface area contributed by atoms with Crippen molar-refractivity contribution in [2.75, 3.05) is 22.7 Å². The molecule has 0 unspecified atom stereocenters. The van der Waals surface area contributed by atoms with Crippen molar-refractivity contribution in [1.29, 1.82) is 0 Å². The van der Waals surface area contributed by atoms with Gasteiger partial charge in [0.15, 0.2) is 0 Å². The summed E-state index contributed by atoms with van der Waals surface area (Å²) in [4.78, 5) is 0. The van der Waals surface area contributed by atoms with Gasteiger partial charge in [-0.2, -0.15) is 0 Å². The fraction of sp³-hybridized carbons (Fsp3) is 0.500. The van der Waals surface area contributed by atoms with Crippen LogP contribution in [-0.2, 0) is 15.3 Å². The molecule has 0 radical (unpaired) electrons. The highest BCUT2D eigenvalue weighted by molar-refractivity contribution is 9.09. The quantitative estimate of drug-likeness (QED) is 0.685. The summed E-state index contributed by atoms with van der Waals surface area (Å²) in [6.07, 6.45) is 1.72. The second kappa shape index (κ2) is 6.48. The molecule has 0 spiro atoms. The minimum absolute atomic E-state index is 0.113. The van der Waals surface area contributed by atoms with Crippen molar-refractivity contribution in [3.05, 3.63) is 35.6 Å². The molecule has 2 nitrogen and oxygen atoms in total. The number of rotatable bonds is 6. The monoisotopic (exact) mass is 400 g/mol. The molecular weight excluding hydrogens is 387 g/mol. The van der Waals surface area contributed by atoms with Gasteiger partial charge >= 0.3 is 0 Å². The molecule has 1 aromatic rings. The molecule has 6 heteroatoms. The van der Waals surface area contributed by atoms with Crippen molar-refractivity contribution in [1.82, 2.24) is 0 Å². The third-order valence-corrected chi connectivity index (χ3v) is 6.01. The molecule has 0 saturated carbocycles. The Balaban J connectivity index is 3.02. The van der Waals surface area contributed by atoms with Gasteiger partial charge in [0, 0.05) is 22.3 Å². The van der Waals surface area contributed by atoms with Crippen molar-refractivity contribution in [3.8, 4) is 0 Å². The fourth-order valence-electron chi connectivity index (χ4n) is 1.65. The first-order valence-corrected chi connectivity index (χ1v) is 9.69. The lowest BCUT2D eigenvalue weighted by molar-refractivity contribution is 0.522. The van der Waals surface area contributed by atoms with E-state index in [0.717, 1.165) is 5.56 Å². The van der Waals surface area contributed by atoms with Crippen LogP contribution < -0.4 is 0 Å².